The lowest BCUT2D eigenvalue weighted by molar-refractivity contribution is 0.663. The minimum atomic E-state index is 0.0673. The van der Waals surface area contributed by atoms with E-state index < -0.39 is 0 Å². The second-order valence-electron chi connectivity index (χ2n) is 2.76. The fourth-order valence-electron chi connectivity index (χ4n) is 0.987. The van der Waals surface area contributed by atoms with Crippen LogP contribution in [-0.4, -0.2) is 19.1 Å². The molecule has 0 saturated carbocycles. The third kappa shape index (κ3) is 6.50. The van der Waals surface area contributed by atoms with E-state index in [1.165, 1.54) is 5.57 Å². The van der Waals surface area contributed by atoms with Gasteiger partial charge < -0.3 is 10.6 Å². The van der Waals surface area contributed by atoms with Crippen LogP contribution in [0.1, 0.15) is 26.7 Å². The number of halogens is 1. The molecule has 0 aliphatic rings. The van der Waals surface area contributed by atoms with Crippen molar-refractivity contribution in [2.75, 3.05) is 13.6 Å². The second kappa shape index (κ2) is 7.44. The van der Waals surface area contributed by atoms with Gasteiger partial charge in [0.15, 0.2) is 0 Å². The number of rotatable bonds is 6. The maximum Gasteiger partial charge on any atom is 0.0796 e. The number of hydrogen-bond donors (Lipinski definition) is 2. The Kier molecular flexibility index (Phi) is 7.31. The van der Waals surface area contributed by atoms with Crippen LogP contribution in [0.15, 0.2) is 11.8 Å². The van der Waals surface area contributed by atoms with Crippen molar-refractivity contribution < 1.29 is 0 Å². The first-order chi connectivity index (χ1) is 5.70. The van der Waals surface area contributed by atoms with Crippen LogP contribution >= 0.6 is 11.6 Å². The van der Waals surface area contributed by atoms with Crippen molar-refractivity contribution in [3.63, 3.8) is 0 Å². The molecule has 0 aromatic rings. The fourth-order valence-corrected chi connectivity index (χ4v) is 1.10. The molecule has 1 unspecified atom stereocenters. The summed E-state index contributed by atoms with van der Waals surface area (Å²) in [5, 5.41) is 6.20. The van der Waals surface area contributed by atoms with Gasteiger partial charge >= 0.3 is 0 Å². The lowest BCUT2D eigenvalue weighted by atomic mass is 10.1. The molecular formula is C9H19ClN2. The van der Waals surface area contributed by atoms with Crippen molar-refractivity contribution in [1.82, 2.24) is 10.6 Å². The standard InChI is InChI=1S/C9H19ClN2/c1-4-9(7-11-3)5-6-12-8(2)10/h7-8,11-12H,4-6H2,1-3H3/b9-7+. The van der Waals surface area contributed by atoms with Crippen molar-refractivity contribution in [3.05, 3.63) is 11.8 Å². The fraction of sp³-hybridized carbons (Fsp3) is 0.778. The molecule has 0 heterocycles. The van der Waals surface area contributed by atoms with Gasteiger partial charge in [-0.25, -0.2) is 0 Å². The van der Waals surface area contributed by atoms with E-state index in [0.29, 0.717) is 0 Å². The van der Waals surface area contributed by atoms with E-state index in [9.17, 15) is 0 Å². The van der Waals surface area contributed by atoms with Crippen molar-refractivity contribution in [2.45, 2.75) is 32.2 Å². The summed E-state index contributed by atoms with van der Waals surface area (Å²) in [6.07, 6.45) is 4.22. The molecule has 12 heavy (non-hydrogen) atoms. The zero-order valence-electron chi connectivity index (χ0n) is 8.15. The summed E-state index contributed by atoms with van der Waals surface area (Å²) in [5.74, 6) is 0. The lowest BCUT2D eigenvalue weighted by Crippen LogP contribution is -2.22. The first-order valence-corrected chi connectivity index (χ1v) is 4.87. The van der Waals surface area contributed by atoms with E-state index in [-0.39, 0.29) is 5.50 Å². The summed E-state index contributed by atoms with van der Waals surface area (Å²) < 4.78 is 0. The Labute approximate surface area is 80.4 Å². The SMILES string of the molecule is CC/C(=C\NC)CCNC(C)Cl. The van der Waals surface area contributed by atoms with Crippen LogP contribution in [0.2, 0.25) is 0 Å². The van der Waals surface area contributed by atoms with Crippen molar-refractivity contribution in [3.8, 4) is 0 Å². The maximum absolute atomic E-state index is 5.74. The van der Waals surface area contributed by atoms with E-state index in [0.717, 1.165) is 19.4 Å². The van der Waals surface area contributed by atoms with E-state index in [2.05, 4.69) is 23.8 Å². The molecule has 0 aromatic heterocycles. The summed E-state index contributed by atoms with van der Waals surface area (Å²) in [6, 6.07) is 0. The summed E-state index contributed by atoms with van der Waals surface area (Å²) in [5.41, 5.74) is 1.49. The van der Waals surface area contributed by atoms with Crippen LogP contribution in [0.4, 0.5) is 0 Å². The molecular weight excluding hydrogens is 172 g/mol. The van der Waals surface area contributed by atoms with E-state index in [1.807, 2.05) is 14.0 Å². The molecule has 3 heteroatoms. The van der Waals surface area contributed by atoms with Gasteiger partial charge in [0.25, 0.3) is 0 Å². The summed E-state index contributed by atoms with van der Waals surface area (Å²) >= 11 is 5.74. The quantitative estimate of drug-likeness (QED) is 0.495. The Hall–Kier alpha value is -0.210. The summed E-state index contributed by atoms with van der Waals surface area (Å²) in [7, 11) is 1.92. The molecule has 0 amide bonds. The van der Waals surface area contributed by atoms with Crippen LogP contribution < -0.4 is 10.6 Å². The van der Waals surface area contributed by atoms with Crippen LogP contribution in [0.25, 0.3) is 0 Å². The molecule has 0 aliphatic heterocycles. The van der Waals surface area contributed by atoms with Gasteiger partial charge in [-0.05, 0) is 26.0 Å². The Morgan fingerprint density at radius 1 is 1.58 bits per heavy atom. The Bertz CT molecular complexity index is 132. The molecule has 0 rings (SSSR count). The van der Waals surface area contributed by atoms with Crippen molar-refractivity contribution in [2.24, 2.45) is 0 Å². The van der Waals surface area contributed by atoms with E-state index in [1.54, 1.807) is 0 Å². The first kappa shape index (κ1) is 11.8. The Balaban J connectivity index is 3.52. The van der Waals surface area contributed by atoms with Gasteiger partial charge in [-0.2, -0.15) is 0 Å². The molecule has 2 nitrogen and oxygen atoms in total. The smallest absolute Gasteiger partial charge is 0.0796 e. The average molecular weight is 191 g/mol. The highest BCUT2D eigenvalue weighted by Crippen LogP contribution is 2.03. The van der Waals surface area contributed by atoms with Gasteiger partial charge in [0, 0.05) is 13.6 Å². The number of nitrogens with one attached hydrogen (secondary N) is 2. The average Bonchev–Trinajstić information content (AvgIpc) is 2.02. The maximum atomic E-state index is 5.74. The van der Waals surface area contributed by atoms with E-state index >= 15 is 0 Å². The monoisotopic (exact) mass is 190 g/mol. The Morgan fingerprint density at radius 3 is 2.67 bits per heavy atom. The van der Waals surface area contributed by atoms with Gasteiger partial charge in [-0.15, -0.1) is 11.6 Å². The molecule has 0 bridgehead atoms. The highest BCUT2D eigenvalue weighted by molar-refractivity contribution is 6.20. The van der Waals surface area contributed by atoms with Crippen LogP contribution in [0, 0.1) is 0 Å². The van der Waals surface area contributed by atoms with Gasteiger partial charge in [-0.3, -0.25) is 0 Å². The topological polar surface area (TPSA) is 24.1 Å². The largest absolute Gasteiger partial charge is 0.394 e. The molecule has 72 valence electrons. The van der Waals surface area contributed by atoms with Gasteiger partial charge in [0.05, 0.1) is 5.50 Å². The lowest BCUT2D eigenvalue weighted by Gasteiger charge is -2.07. The minimum absolute atomic E-state index is 0.0673. The summed E-state index contributed by atoms with van der Waals surface area (Å²) in [6.45, 7) is 5.05. The van der Waals surface area contributed by atoms with Gasteiger partial charge in [0.1, 0.15) is 0 Å². The zero-order valence-corrected chi connectivity index (χ0v) is 8.91. The molecule has 1 atom stereocenters. The predicted molar refractivity (Wildman–Crippen MR) is 55.4 cm³/mol. The van der Waals surface area contributed by atoms with Crippen molar-refractivity contribution in [1.29, 1.82) is 0 Å². The normalized spacial score (nSPS) is 14.5. The minimum Gasteiger partial charge on any atom is -0.394 e. The molecule has 0 fully saturated rings. The summed E-state index contributed by atoms with van der Waals surface area (Å²) in [4.78, 5) is 0. The molecule has 2 N–H and O–H groups in total. The van der Waals surface area contributed by atoms with Crippen molar-refractivity contribution >= 4 is 11.6 Å². The Morgan fingerprint density at radius 2 is 2.25 bits per heavy atom. The zero-order chi connectivity index (χ0) is 9.40. The second-order valence-corrected chi connectivity index (χ2v) is 3.42. The predicted octanol–water partition coefficient (Wildman–Crippen LogP) is 2.06. The van der Waals surface area contributed by atoms with Crippen LogP contribution in [0.3, 0.4) is 0 Å². The number of alkyl halides is 1. The highest BCUT2D eigenvalue weighted by Gasteiger charge is 1.96. The number of hydrogen-bond acceptors (Lipinski definition) is 2. The van der Waals surface area contributed by atoms with E-state index in [4.69, 9.17) is 11.6 Å². The molecule has 0 radical (unpaired) electrons. The third-order valence-corrected chi connectivity index (χ3v) is 1.83. The van der Waals surface area contributed by atoms with Crippen LogP contribution in [-0.2, 0) is 0 Å². The highest BCUT2D eigenvalue weighted by atomic mass is 35.5. The molecule has 0 spiro atoms. The van der Waals surface area contributed by atoms with Gasteiger partial charge in [-0.1, -0.05) is 12.5 Å². The molecule has 0 aromatic carbocycles. The third-order valence-electron chi connectivity index (χ3n) is 1.67. The molecule has 0 saturated heterocycles. The first-order valence-electron chi connectivity index (χ1n) is 4.43. The van der Waals surface area contributed by atoms with Gasteiger partial charge in [0.2, 0.25) is 0 Å². The van der Waals surface area contributed by atoms with Crippen LogP contribution in [0.5, 0.6) is 0 Å². The molecule has 0 aliphatic carbocycles.